The molecule has 0 saturated heterocycles. The van der Waals surface area contributed by atoms with Gasteiger partial charge in [-0.25, -0.2) is 9.97 Å². The number of nitrogens with zero attached hydrogens (tertiary/aromatic N) is 7. The Labute approximate surface area is 267 Å². The van der Waals surface area contributed by atoms with E-state index in [1.54, 1.807) is 29.2 Å². The molecular formula is C32H42BN8O3Si. The monoisotopic (exact) mass is 625 g/mol. The van der Waals surface area contributed by atoms with Crippen molar-refractivity contribution >= 4 is 45.1 Å². The number of hydrogen-bond acceptors (Lipinski definition) is 9. The van der Waals surface area contributed by atoms with E-state index in [1.807, 2.05) is 15.8 Å². The molecule has 0 bridgehead atoms. The van der Waals surface area contributed by atoms with Crippen molar-refractivity contribution < 1.29 is 14.0 Å². The standard InChI is InChI=1S/C32H42BN8O3Si/c1-21(2)17-39-11-12-41-28(29(39)43)26(16-36-41)38-30-35-10-9-25(37-30)22-13-23(15-34)27-24(14-22)32(6,18-40(27)33-20-42)19-44-45(7,8)31(3,4)5/h9-10,13-14,16,20-21H,11-12,17-19H2,1-8H3,(H,35,37,38)/t32-/m1/s1. The first-order chi connectivity index (χ1) is 21.2. The summed E-state index contributed by atoms with van der Waals surface area (Å²) in [5, 5.41) is 17.9. The molecule has 235 valence electrons. The lowest BCUT2D eigenvalue weighted by atomic mass is 9.83. The molecule has 45 heavy (non-hydrogen) atoms. The largest absolute Gasteiger partial charge is 0.416 e. The lowest BCUT2D eigenvalue weighted by Crippen LogP contribution is -2.46. The molecule has 2 aromatic heterocycles. The molecule has 2 aliphatic heterocycles. The molecule has 0 aliphatic carbocycles. The minimum atomic E-state index is -2.07. The third kappa shape index (κ3) is 6.26. The summed E-state index contributed by atoms with van der Waals surface area (Å²) in [7, 11) is -0.588. The summed E-state index contributed by atoms with van der Waals surface area (Å²) in [6.07, 6.45) is 4.04. The van der Waals surface area contributed by atoms with Crippen LogP contribution in [-0.4, -0.2) is 78.7 Å². The van der Waals surface area contributed by atoms with Crippen LogP contribution >= 0.6 is 0 Å². The third-order valence-corrected chi connectivity index (χ3v) is 13.7. The number of aromatic nitrogens is 4. The molecule has 0 unspecified atom stereocenters. The lowest BCUT2D eigenvalue weighted by molar-refractivity contribution is 0.0677. The van der Waals surface area contributed by atoms with Crippen molar-refractivity contribution in [2.24, 2.45) is 5.92 Å². The van der Waals surface area contributed by atoms with E-state index in [2.05, 4.69) is 76.1 Å². The molecule has 2 aliphatic rings. The van der Waals surface area contributed by atoms with Crippen molar-refractivity contribution in [3.8, 4) is 17.3 Å². The molecular weight excluding hydrogens is 583 g/mol. The van der Waals surface area contributed by atoms with Gasteiger partial charge in [0.15, 0.2) is 8.32 Å². The van der Waals surface area contributed by atoms with E-state index in [9.17, 15) is 14.9 Å². The second kappa shape index (κ2) is 12.1. The molecule has 1 atom stereocenters. The van der Waals surface area contributed by atoms with E-state index in [0.717, 1.165) is 23.0 Å². The van der Waals surface area contributed by atoms with Gasteiger partial charge in [-0.15, -0.1) is 0 Å². The summed E-state index contributed by atoms with van der Waals surface area (Å²) < 4.78 is 8.42. The predicted molar refractivity (Wildman–Crippen MR) is 179 cm³/mol. The summed E-state index contributed by atoms with van der Waals surface area (Å²) in [4.78, 5) is 37.8. The van der Waals surface area contributed by atoms with Gasteiger partial charge >= 0.3 is 7.41 Å². The fraction of sp³-hybridized carbons (Fsp3) is 0.500. The number of rotatable bonds is 10. The number of nitriles is 1. The van der Waals surface area contributed by atoms with Gasteiger partial charge in [-0.1, -0.05) is 41.5 Å². The molecule has 3 aromatic rings. The molecule has 0 fully saturated rings. The van der Waals surface area contributed by atoms with Gasteiger partial charge in [0.05, 0.1) is 29.7 Å². The Morgan fingerprint density at radius 3 is 2.69 bits per heavy atom. The highest BCUT2D eigenvalue weighted by Crippen LogP contribution is 2.46. The highest BCUT2D eigenvalue weighted by Gasteiger charge is 2.44. The Bertz CT molecular complexity index is 1660. The summed E-state index contributed by atoms with van der Waals surface area (Å²) in [6, 6.07) is 7.99. The molecule has 0 saturated carbocycles. The lowest BCUT2D eigenvalue weighted by Gasteiger charge is -2.39. The van der Waals surface area contributed by atoms with Gasteiger partial charge in [0.2, 0.25) is 5.95 Å². The van der Waals surface area contributed by atoms with E-state index in [1.165, 1.54) is 7.41 Å². The number of carbonyl (C=O) groups is 2. The van der Waals surface area contributed by atoms with Crippen molar-refractivity contribution in [3.05, 3.63) is 47.4 Å². The molecule has 1 N–H and O–H groups in total. The van der Waals surface area contributed by atoms with Gasteiger partial charge in [0.1, 0.15) is 17.9 Å². The number of carbonyl (C=O) groups excluding carboxylic acids is 2. The summed E-state index contributed by atoms with van der Waals surface area (Å²) in [5.41, 5.74) is 4.04. The zero-order valence-electron chi connectivity index (χ0n) is 27.5. The molecule has 0 spiro atoms. The second-order valence-corrected chi connectivity index (χ2v) is 19.0. The van der Waals surface area contributed by atoms with Gasteiger partial charge in [0, 0.05) is 49.1 Å². The first-order valence-corrected chi connectivity index (χ1v) is 18.3. The smallest absolute Gasteiger partial charge is 0.329 e. The third-order valence-electron chi connectivity index (χ3n) is 9.18. The van der Waals surface area contributed by atoms with Crippen LogP contribution in [0.25, 0.3) is 11.3 Å². The van der Waals surface area contributed by atoms with Crippen LogP contribution in [0.4, 0.5) is 17.3 Å². The Kier molecular flexibility index (Phi) is 8.68. The zero-order chi connectivity index (χ0) is 32.7. The molecule has 5 rings (SSSR count). The van der Waals surface area contributed by atoms with Gasteiger partial charge in [0.25, 0.3) is 5.91 Å². The Balaban J connectivity index is 1.49. The van der Waals surface area contributed by atoms with Crippen molar-refractivity contribution in [2.75, 3.05) is 36.4 Å². The van der Waals surface area contributed by atoms with Crippen LogP contribution in [0.15, 0.2) is 30.6 Å². The van der Waals surface area contributed by atoms with Gasteiger partial charge in [-0.05, 0) is 47.8 Å². The number of fused-ring (bicyclic) bond motifs is 2. The van der Waals surface area contributed by atoms with Gasteiger partial charge < -0.3 is 24.2 Å². The Morgan fingerprint density at radius 2 is 2.02 bits per heavy atom. The van der Waals surface area contributed by atoms with Crippen molar-refractivity contribution in [1.29, 1.82) is 5.26 Å². The van der Waals surface area contributed by atoms with E-state index < -0.39 is 13.7 Å². The van der Waals surface area contributed by atoms with E-state index in [0.29, 0.717) is 67.3 Å². The fourth-order valence-electron chi connectivity index (χ4n) is 5.71. The zero-order valence-corrected chi connectivity index (χ0v) is 28.5. The van der Waals surface area contributed by atoms with Crippen LogP contribution in [0.1, 0.15) is 63.2 Å². The number of benzene rings is 1. The van der Waals surface area contributed by atoms with Crippen molar-refractivity contribution in [2.45, 2.75) is 71.6 Å². The van der Waals surface area contributed by atoms with E-state index in [4.69, 9.17) is 9.41 Å². The van der Waals surface area contributed by atoms with Gasteiger partial charge in [-0.2, -0.15) is 10.4 Å². The van der Waals surface area contributed by atoms with Crippen LogP contribution in [0.2, 0.25) is 18.1 Å². The van der Waals surface area contributed by atoms with Crippen LogP contribution in [-0.2, 0) is 21.2 Å². The van der Waals surface area contributed by atoms with Crippen molar-refractivity contribution in [3.63, 3.8) is 0 Å². The van der Waals surface area contributed by atoms with Crippen molar-refractivity contribution in [1.82, 2.24) is 24.6 Å². The predicted octanol–water partition coefficient (Wildman–Crippen LogP) is 4.98. The number of amides is 1. The summed E-state index contributed by atoms with van der Waals surface area (Å²) in [5.74, 6) is 0.602. The molecule has 11 nitrogen and oxygen atoms in total. The fourth-order valence-corrected chi connectivity index (χ4v) is 6.82. The molecule has 1 aromatic carbocycles. The minimum absolute atomic E-state index is 0.0374. The highest BCUT2D eigenvalue weighted by molar-refractivity contribution is 6.74. The SMILES string of the molecule is CC(C)CN1CCn2ncc(Nc3nccc(-c4cc(C#N)c5c(c4)[C@@](C)(CO[Si](C)(C)C(C)(C)C)CN5[B]C=O)n3)c2C1=O. The minimum Gasteiger partial charge on any atom is -0.416 e. The average Bonchev–Trinajstić information content (AvgIpc) is 3.51. The molecule has 4 heterocycles. The summed E-state index contributed by atoms with van der Waals surface area (Å²) >= 11 is 0. The highest BCUT2D eigenvalue weighted by atomic mass is 28.4. The number of nitrogens with one attached hydrogen (secondary N) is 1. The average molecular weight is 626 g/mol. The molecule has 13 heteroatoms. The van der Waals surface area contributed by atoms with E-state index >= 15 is 0 Å². The second-order valence-electron chi connectivity index (χ2n) is 14.2. The normalized spacial score (nSPS) is 18.1. The molecule has 1 amide bonds. The van der Waals surface area contributed by atoms with E-state index in [-0.39, 0.29) is 10.9 Å². The number of hydrogen-bond donors (Lipinski definition) is 1. The Hall–Kier alpha value is -4.02. The maximum Gasteiger partial charge on any atom is 0.329 e. The maximum atomic E-state index is 13.3. The first-order valence-electron chi connectivity index (χ1n) is 15.4. The van der Waals surface area contributed by atoms with Gasteiger partial charge in [-0.3, -0.25) is 9.48 Å². The first kappa shape index (κ1) is 32.4. The van der Waals surface area contributed by atoms with Crippen LogP contribution in [0.3, 0.4) is 0 Å². The van der Waals surface area contributed by atoms with Crippen LogP contribution in [0.5, 0.6) is 0 Å². The Morgan fingerprint density at radius 1 is 1.27 bits per heavy atom. The van der Waals surface area contributed by atoms with Crippen LogP contribution < -0.4 is 10.1 Å². The topological polar surface area (TPSA) is 129 Å². The van der Waals surface area contributed by atoms with Crippen LogP contribution in [0, 0.1) is 17.2 Å². The number of anilines is 3. The maximum absolute atomic E-state index is 13.3. The quantitative estimate of drug-likeness (QED) is 0.245. The summed E-state index contributed by atoms with van der Waals surface area (Å²) in [6.45, 7) is 20.3. The molecule has 1 radical (unpaired) electrons.